The van der Waals surface area contributed by atoms with E-state index in [4.69, 9.17) is 0 Å². The second-order valence-corrected chi connectivity index (χ2v) is 0. The monoisotopic (exact) mass is 408 g/mol. The van der Waals surface area contributed by atoms with Crippen molar-refractivity contribution in [2.24, 2.45) is 0 Å². The van der Waals surface area contributed by atoms with E-state index >= 15 is 0 Å². The Morgan fingerprint density at radius 2 is 0.600 bits per heavy atom. The van der Waals surface area contributed by atoms with Gasteiger partial charge < -0.3 is 50.9 Å². The van der Waals surface area contributed by atoms with Crippen LogP contribution in [0.25, 0.3) is 0 Å². The zero-order chi connectivity index (χ0) is 0. The van der Waals surface area contributed by atoms with Crippen LogP contribution >= 0.6 is 0 Å². The molecule has 0 heterocycles. The summed E-state index contributed by atoms with van der Waals surface area (Å²) in [6.07, 6.45) is 0. The predicted octanol–water partition coefficient (Wildman–Crippen LogP) is -8.99. The molecule has 0 amide bonds. The van der Waals surface area contributed by atoms with Crippen LogP contribution in [-0.2, 0) is 41.9 Å². The van der Waals surface area contributed by atoms with Gasteiger partial charge in [0.05, 0.1) is 0 Å². The maximum absolute atomic E-state index is 0. The largest absolute Gasteiger partial charge is 2.00 e. The molecule has 0 aromatic carbocycles. The Morgan fingerprint density at radius 1 is 0.600 bits per heavy atom. The number of hydrogen-bond acceptors (Lipinski definition) is 0. The average molecular weight is 413 g/mol. The third-order valence-electron chi connectivity index (χ3n) is 0. The molecule has 0 unspecified atom stereocenters. The van der Waals surface area contributed by atoms with Crippen LogP contribution in [0.15, 0.2) is 0 Å². The van der Waals surface area contributed by atoms with Crippen LogP contribution in [0.2, 0.25) is 0 Å². The van der Waals surface area contributed by atoms with Gasteiger partial charge >= 0.3 is 41.9 Å². The van der Waals surface area contributed by atoms with Crippen molar-refractivity contribution in [3.63, 3.8) is 0 Å². The van der Waals surface area contributed by atoms with Gasteiger partial charge in [-0.25, -0.2) is 0 Å². The quantitative estimate of drug-likeness (QED) is 0.347. The second-order valence-electron chi connectivity index (χ2n) is 0. The molecule has 34 valence electrons. The standard InChI is InChI=1S/Ag.3BrH.Zn/h;3*1H;/q+1;;;;+2/p-3. The summed E-state index contributed by atoms with van der Waals surface area (Å²) in [5, 5.41) is 0. The van der Waals surface area contributed by atoms with Crippen LogP contribution in [0.4, 0.5) is 0 Å². The molecule has 0 aromatic rings. The first kappa shape index (κ1) is 46.0. The summed E-state index contributed by atoms with van der Waals surface area (Å²) in [6, 6.07) is 0. The van der Waals surface area contributed by atoms with Gasteiger partial charge in [-0.2, -0.15) is 0 Å². The summed E-state index contributed by atoms with van der Waals surface area (Å²) in [4.78, 5) is 0. The molecule has 0 N–H and O–H groups in total. The molecule has 0 nitrogen and oxygen atoms in total. The summed E-state index contributed by atoms with van der Waals surface area (Å²) >= 11 is 0. The SMILES string of the molecule is [Ag+].[Br-].[Br-].[Br-].[Zn+2]. The van der Waals surface area contributed by atoms with Gasteiger partial charge in [-0.15, -0.1) is 0 Å². The molecule has 0 aliphatic rings. The van der Waals surface area contributed by atoms with Crippen molar-refractivity contribution in [1.82, 2.24) is 0 Å². The summed E-state index contributed by atoms with van der Waals surface area (Å²) in [5.41, 5.74) is 0. The summed E-state index contributed by atoms with van der Waals surface area (Å²) < 4.78 is 0. The van der Waals surface area contributed by atoms with Crippen LogP contribution in [-0.4, -0.2) is 0 Å². The zero-order valence-electron chi connectivity index (χ0n) is 2.14. The van der Waals surface area contributed by atoms with E-state index in [2.05, 4.69) is 0 Å². The molecule has 0 aliphatic carbocycles. The molecule has 5 heteroatoms. The first-order valence-electron chi connectivity index (χ1n) is 0. The fraction of sp³-hybridized carbons (Fsp3) is 0. The number of rotatable bonds is 0. The molecule has 0 fully saturated rings. The number of halogens is 3. The smallest absolute Gasteiger partial charge is 1.00 e. The molecule has 0 radical (unpaired) electrons. The third-order valence-corrected chi connectivity index (χ3v) is 0. The first-order chi connectivity index (χ1) is 0. The Kier molecular flexibility index (Phi) is 268. The van der Waals surface area contributed by atoms with Gasteiger partial charge in [0, 0.05) is 0 Å². The van der Waals surface area contributed by atoms with Crippen LogP contribution in [0, 0.1) is 0 Å². The van der Waals surface area contributed by atoms with Crippen LogP contribution < -0.4 is 50.9 Å². The minimum absolute atomic E-state index is 0. The second kappa shape index (κ2) is 29.2. The van der Waals surface area contributed by atoms with Gasteiger partial charge in [0.2, 0.25) is 0 Å². The minimum atomic E-state index is 0. The van der Waals surface area contributed by atoms with E-state index in [0.717, 1.165) is 0 Å². The van der Waals surface area contributed by atoms with Gasteiger partial charge in [0.1, 0.15) is 0 Å². The maximum Gasteiger partial charge on any atom is 2.00 e. The van der Waals surface area contributed by atoms with Crippen molar-refractivity contribution in [3.05, 3.63) is 0 Å². The summed E-state index contributed by atoms with van der Waals surface area (Å²) in [6.45, 7) is 0. The van der Waals surface area contributed by atoms with E-state index in [9.17, 15) is 0 Å². The summed E-state index contributed by atoms with van der Waals surface area (Å²) in [7, 11) is 0. The van der Waals surface area contributed by atoms with Crippen molar-refractivity contribution >= 4 is 0 Å². The molecule has 0 saturated carbocycles. The van der Waals surface area contributed by atoms with E-state index in [1.807, 2.05) is 0 Å². The third kappa shape index (κ3) is 20.0. The predicted molar refractivity (Wildman–Crippen MR) is 0 cm³/mol. The Balaban J connectivity index is 0. The molecule has 0 spiro atoms. The Morgan fingerprint density at radius 3 is 0.600 bits per heavy atom. The first-order valence-corrected chi connectivity index (χ1v) is 0. The normalized spacial score (nSPS) is 0. The number of hydrogen-bond donors (Lipinski definition) is 0. The molecule has 0 aromatic heterocycles. The van der Waals surface area contributed by atoms with Crippen molar-refractivity contribution in [1.29, 1.82) is 0 Å². The minimum Gasteiger partial charge on any atom is -1.00 e. The zero-order valence-corrected chi connectivity index (χ0v) is 11.3. The summed E-state index contributed by atoms with van der Waals surface area (Å²) in [5.74, 6) is 0. The van der Waals surface area contributed by atoms with Gasteiger partial charge in [-0.05, 0) is 0 Å². The van der Waals surface area contributed by atoms with E-state index in [-0.39, 0.29) is 92.8 Å². The van der Waals surface area contributed by atoms with Gasteiger partial charge in [-0.1, -0.05) is 0 Å². The maximum atomic E-state index is 0. The van der Waals surface area contributed by atoms with Gasteiger partial charge in [-0.3, -0.25) is 0 Å². The fourth-order valence-corrected chi connectivity index (χ4v) is 0. The molecule has 0 atom stereocenters. The Hall–Kier alpha value is 2.80. The molecular weight excluding hydrogens is 413 g/mol. The molecule has 0 aliphatic heterocycles. The van der Waals surface area contributed by atoms with Crippen molar-refractivity contribution in [2.75, 3.05) is 0 Å². The topological polar surface area (TPSA) is 0 Å². The van der Waals surface area contributed by atoms with E-state index in [0.29, 0.717) is 0 Å². The van der Waals surface area contributed by atoms with Crippen molar-refractivity contribution in [3.8, 4) is 0 Å². The molecule has 5 heavy (non-hydrogen) atoms. The van der Waals surface area contributed by atoms with Crippen molar-refractivity contribution < 1.29 is 92.8 Å². The van der Waals surface area contributed by atoms with Gasteiger partial charge in [0.15, 0.2) is 0 Å². The average Bonchev–Trinajstić information content (AvgIpc) is 0. The Labute approximate surface area is 91.4 Å². The van der Waals surface area contributed by atoms with E-state index in [1.54, 1.807) is 0 Å². The van der Waals surface area contributed by atoms with E-state index in [1.165, 1.54) is 0 Å². The molecular formula is AgBr3Zn. The molecule has 0 saturated heterocycles. The van der Waals surface area contributed by atoms with Crippen LogP contribution in [0.1, 0.15) is 0 Å². The Bertz CT molecular complexity index is 6.85. The van der Waals surface area contributed by atoms with Crippen molar-refractivity contribution in [2.45, 2.75) is 0 Å². The van der Waals surface area contributed by atoms with Gasteiger partial charge in [0.25, 0.3) is 0 Å². The molecule has 0 bridgehead atoms. The van der Waals surface area contributed by atoms with Crippen LogP contribution in [0.5, 0.6) is 0 Å². The van der Waals surface area contributed by atoms with E-state index < -0.39 is 0 Å². The molecule has 0 rings (SSSR count). The van der Waals surface area contributed by atoms with Crippen LogP contribution in [0.3, 0.4) is 0 Å². The fourth-order valence-electron chi connectivity index (χ4n) is 0.